The molecular weight excluding hydrogens is 296 g/mol. The fourth-order valence-electron chi connectivity index (χ4n) is 2.23. The molecule has 4 rings (SSSR count). The summed E-state index contributed by atoms with van der Waals surface area (Å²) in [5.41, 5.74) is 2.49. The van der Waals surface area contributed by atoms with Crippen LogP contribution in [0.25, 0.3) is 22.4 Å². The van der Waals surface area contributed by atoms with Gasteiger partial charge in [0.25, 0.3) is 0 Å². The van der Waals surface area contributed by atoms with E-state index in [-0.39, 0.29) is 0 Å². The molecule has 114 valence electrons. The number of ether oxygens (including phenoxy) is 1. The zero-order chi connectivity index (χ0) is 15.6. The van der Waals surface area contributed by atoms with Crippen molar-refractivity contribution >= 4 is 11.0 Å². The molecule has 3 aromatic heterocycles. The van der Waals surface area contributed by atoms with E-state index in [1.54, 1.807) is 24.1 Å². The highest BCUT2D eigenvalue weighted by molar-refractivity contribution is 5.73. The molecule has 0 aliphatic heterocycles. The van der Waals surface area contributed by atoms with Crippen molar-refractivity contribution in [3.8, 4) is 17.3 Å². The molecule has 0 saturated heterocycles. The maximum atomic E-state index is 5.29. The van der Waals surface area contributed by atoms with Crippen molar-refractivity contribution < 1.29 is 9.26 Å². The zero-order valence-electron chi connectivity index (χ0n) is 12.2. The number of benzene rings is 1. The van der Waals surface area contributed by atoms with E-state index >= 15 is 0 Å². The number of rotatable bonds is 4. The van der Waals surface area contributed by atoms with Crippen molar-refractivity contribution in [3.05, 3.63) is 48.5 Å². The van der Waals surface area contributed by atoms with Gasteiger partial charge in [0.1, 0.15) is 12.1 Å². The largest absolute Gasteiger partial charge is 0.481 e. The van der Waals surface area contributed by atoms with Gasteiger partial charge in [0.15, 0.2) is 0 Å². The molecule has 8 heteroatoms. The lowest BCUT2D eigenvalue weighted by Gasteiger charge is -1.98. The predicted molar refractivity (Wildman–Crippen MR) is 80.7 cm³/mol. The topological polar surface area (TPSA) is 91.8 Å². The van der Waals surface area contributed by atoms with Crippen molar-refractivity contribution in [2.24, 2.45) is 0 Å². The molecule has 0 aliphatic rings. The van der Waals surface area contributed by atoms with Gasteiger partial charge in [-0.3, -0.25) is 0 Å². The first-order chi connectivity index (χ1) is 11.3. The fraction of sp³-hybridized carbons (Fsp3) is 0.133. The van der Waals surface area contributed by atoms with Crippen LogP contribution in [0.3, 0.4) is 0 Å². The first kappa shape index (κ1) is 13.4. The average molecular weight is 308 g/mol. The van der Waals surface area contributed by atoms with Gasteiger partial charge in [-0.2, -0.15) is 4.98 Å². The van der Waals surface area contributed by atoms with E-state index in [0.717, 1.165) is 16.6 Å². The monoisotopic (exact) mass is 308 g/mol. The lowest BCUT2D eigenvalue weighted by Crippen LogP contribution is -2.02. The van der Waals surface area contributed by atoms with E-state index in [0.29, 0.717) is 24.1 Å². The maximum Gasteiger partial charge on any atom is 0.248 e. The number of para-hydroxylation sites is 1. The smallest absolute Gasteiger partial charge is 0.248 e. The Labute approximate surface area is 130 Å². The van der Waals surface area contributed by atoms with Crippen LogP contribution in [-0.4, -0.2) is 37.2 Å². The van der Waals surface area contributed by atoms with Crippen LogP contribution in [0, 0.1) is 0 Å². The van der Waals surface area contributed by atoms with Crippen LogP contribution in [0.5, 0.6) is 5.88 Å². The molecule has 0 aliphatic carbocycles. The van der Waals surface area contributed by atoms with E-state index in [2.05, 4.69) is 25.4 Å². The number of pyridine rings is 1. The van der Waals surface area contributed by atoms with Gasteiger partial charge >= 0.3 is 0 Å². The van der Waals surface area contributed by atoms with E-state index in [4.69, 9.17) is 9.26 Å². The molecule has 3 heterocycles. The van der Waals surface area contributed by atoms with Crippen LogP contribution in [0.15, 0.2) is 47.1 Å². The van der Waals surface area contributed by atoms with Gasteiger partial charge in [0, 0.05) is 17.8 Å². The van der Waals surface area contributed by atoms with Gasteiger partial charge in [-0.05, 0) is 18.2 Å². The summed E-state index contributed by atoms with van der Waals surface area (Å²) in [7, 11) is 1.57. The molecule has 0 atom stereocenters. The Balaban J connectivity index is 1.60. The van der Waals surface area contributed by atoms with E-state index in [1.165, 1.54) is 0 Å². The van der Waals surface area contributed by atoms with Crippen LogP contribution in [0.4, 0.5) is 0 Å². The minimum atomic E-state index is 0.358. The van der Waals surface area contributed by atoms with Gasteiger partial charge in [0.2, 0.25) is 17.6 Å². The third-order valence-corrected chi connectivity index (χ3v) is 3.38. The zero-order valence-corrected chi connectivity index (χ0v) is 12.2. The molecule has 1 aromatic carbocycles. The highest BCUT2D eigenvalue weighted by atomic mass is 16.5. The summed E-state index contributed by atoms with van der Waals surface area (Å²) in [6.07, 6.45) is 1.64. The maximum absolute atomic E-state index is 5.29. The molecule has 8 nitrogen and oxygen atoms in total. The number of hydrogen-bond acceptors (Lipinski definition) is 7. The third-order valence-electron chi connectivity index (χ3n) is 3.38. The molecule has 0 unspecified atom stereocenters. The van der Waals surface area contributed by atoms with Crippen LogP contribution >= 0.6 is 0 Å². The average Bonchev–Trinajstić information content (AvgIpc) is 3.23. The lowest BCUT2D eigenvalue weighted by atomic mass is 10.3. The van der Waals surface area contributed by atoms with Crippen LogP contribution in [0.2, 0.25) is 0 Å². The van der Waals surface area contributed by atoms with Gasteiger partial charge < -0.3 is 9.26 Å². The Morgan fingerprint density at radius 3 is 2.91 bits per heavy atom. The van der Waals surface area contributed by atoms with E-state index < -0.39 is 0 Å². The molecule has 0 saturated carbocycles. The summed E-state index contributed by atoms with van der Waals surface area (Å²) in [6, 6.07) is 11.3. The Kier molecular flexibility index (Phi) is 3.19. The summed E-state index contributed by atoms with van der Waals surface area (Å²) in [4.78, 5) is 8.50. The Hall–Kier alpha value is -3.29. The number of fused-ring (bicyclic) bond motifs is 1. The molecule has 0 amide bonds. The van der Waals surface area contributed by atoms with Gasteiger partial charge in [-0.25, -0.2) is 9.67 Å². The van der Waals surface area contributed by atoms with Crippen LogP contribution < -0.4 is 4.74 Å². The fourth-order valence-corrected chi connectivity index (χ4v) is 2.23. The third kappa shape index (κ3) is 2.50. The van der Waals surface area contributed by atoms with Gasteiger partial charge in [0.05, 0.1) is 12.6 Å². The van der Waals surface area contributed by atoms with E-state index in [1.807, 2.05) is 30.3 Å². The van der Waals surface area contributed by atoms with Crippen molar-refractivity contribution in [2.45, 2.75) is 6.54 Å². The van der Waals surface area contributed by atoms with E-state index in [9.17, 15) is 0 Å². The number of methoxy groups -OCH3 is 1. The first-order valence-electron chi connectivity index (χ1n) is 6.95. The summed E-state index contributed by atoms with van der Waals surface area (Å²) in [5.74, 6) is 1.46. The Morgan fingerprint density at radius 2 is 2.09 bits per heavy atom. The molecule has 4 aromatic rings. The molecule has 0 spiro atoms. The van der Waals surface area contributed by atoms with Crippen molar-refractivity contribution in [2.75, 3.05) is 7.11 Å². The molecule has 0 fully saturated rings. The SMILES string of the molecule is COc1ccc(-c2noc(Cn3nnc4ccccc43)n2)cn1. The van der Waals surface area contributed by atoms with Crippen molar-refractivity contribution in [1.29, 1.82) is 0 Å². The second-order valence-corrected chi connectivity index (χ2v) is 4.84. The summed E-state index contributed by atoms with van der Waals surface area (Å²) >= 11 is 0. The summed E-state index contributed by atoms with van der Waals surface area (Å²) in [6.45, 7) is 0.358. The van der Waals surface area contributed by atoms with Crippen molar-refractivity contribution in [1.82, 2.24) is 30.1 Å². The molecular formula is C15H12N6O2. The number of nitrogens with zero attached hydrogens (tertiary/aromatic N) is 6. The predicted octanol–water partition coefficient (Wildman–Crippen LogP) is 1.93. The quantitative estimate of drug-likeness (QED) is 0.568. The molecule has 0 N–H and O–H groups in total. The lowest BCUT2D eigenvalue weighted by molar-refractivity contribution is 0.366. The number of aromatic nitrogens is 6. The summed E-state index contributed by atoms with van der Waals surface area (Å²) < 4.78 is 12.0. The number of hydrogen-bond donors (Lipinski definition) is 0. The Bertz CT molecular complexity index is 944. The van der Waals surface area contributed by atoms with Gasteiger partial charge in [-0.1, -0.05) is 22.5 Å². The minimum absolute atomic E-state index is 0.358. The molecule has 23 heavy (non-hydrogen) atoms. The second-order valence-electron chi connectivity index (χ2n) is 4.84. The minimum Gasteiger partial charge on any atom is -0.481 e. The van der Waals surface area contributed by atoms with Crippen molar-refractivity contribution in [3.63, 3.8) is 0 Å². The molecule has 0 radical (unpaired) electrons. The summed E-state index contributed by atoms with van der Waals surface area (Å²) in [5, 5.41) is 12.2. The van der Waals surface area contributed by atoms with Crippen LogP contribution in [-0.2, 0) is 6.54 Å². The first-order valence-corrected chi connectivity index (χ1v) is 6.95. The van der Waals surface area contributed by atoms with Gasteiger partial charge in [-0.15, -0.1) is 5.10 Å². The van der Waals surface area contributed by atoms with Crippen LogP contribution in [0.1, 0.15) is 5.89 Å². The Morgan fingerprint density at radius 1 is 1.17 bits per heavy atom. The molecule has 0 bridgehead atoms. The normalized spacial score (nSPS) is 11.0. The highest BCUT2D eigenvalue weighted by Crippen LogP contribution is 2.18. The second kappa shape index (κ2) is 5.48. The standard InChI is InChI=1S/C15H12N6O2/c1-22-13-7-6-10(8-16-13)15-17-14(23-19-15)9-21-12-5-3-2-4-11(12)18-20-21/h2-8H,9H2,1H3. The highest BCUT2D eigenvalue weighted by Gasteiger charge is 2.12.